The van der Waals surface area contributed by atoms with Crippen molar-refractivity contribution in [2.45, 2.75) is 63.5 Å². The van der Waals surface area contributed by atoms with Crippen molar-refractivity contribution in [2.24, 2.45) is 0 Å². The molecular formula is C16H30N2O. The van der Waals surface area contributed by atoms with Crippen molar-refractivity contribution in [1.29, 1.82) is 0 Å². The molecule has 1 aliphatic carbocycles. The Morgan fingerprint density at radius 1 is 0.842 bits per heavy atom. The van der Waals surface area contributed by atoms with Gasteiger partial charge in [-0.05, 0) is 51.7 Å². The second-order valence-corrected chi connectivity index (χ2v) is 6.62. The zero-order valence-electron chi connectivity index (χ0n) is 12.4. The molecule has 2 heterocycles. The molecule has 3 fully saturated rings. The van der Waals surface area contributed by atoms with Gasteiger partial charge in [-0.25, -0.2) is 0 Å². The van der Waals surface area contributed by atoms with Gasteiger partial charge in [0.05, 0.1) is 12.7 Å². The van der Waals surface area contributed by atoms with Crippen LogP contribution in [0.25, 0.3) is 0 Å². The van der Waals surface area contributed by atoms with Gasteiger partial charge in [0, 0.05) is 19.1 Å². The summed E-state index contributed by atoms with van der Waals surface area (Å²) in [5, 5.41) is 0. The first-order valence-corrected chi connectivity index (χ1v) is 8.50. The van der Waals surface area contributed by atoms with Crippen molar-refractivity contribution in [3.63, 3.8) is 0 Å². The molecule has 0 amide bonds. The van der Waals surface area contributed by atoms with E-state index in [2.05, 4.69) is 9.80 Å². The van der Waals surface area contributed by atoms with E-state index < -0.39 is 0 Å². The molecule has 0 aromatic rings. The van der Waals surface area contributed by atoms with Crippen LogP contribution >= 0.6 is 0 Å². The lowest BCUT2D eigenvalue weighted by Crippen LogP contribution is -2.44. The zero-order chi connectivity index (χ0) is 12.9. The van der Waals surface area contributed by atoms with Crippen LogP contribution in [-0.4, -0.2) is 61.3 Å². The zero-order valence-corrected chi connectivity index (χ0v) is 12.4. The number of nitrogens with zero attached hydrogens (tertiary/aromatic N) is 2. The Hall–Kier alpha value is -0.120. The summed E-state index contributed by atoms with van der Waals surface area (Å²) in [6.07, 6.45) is 11.6. The van der Waals surface area contributed by atoms with Crippen LogP contribution in [0.5, 0.6) is 0 Å². The first-order chi connectivity index (χ1) is 9.42. The van der Waals surface area contributed by atoms with E-state index in [0.29, 0.717) is 6.10 Å². The minimum atomic E-state index is 0.582. The molecule has 0 aromatic heterocycles. The van der Waals surface area contributed by atoms with E-state index in [1.165, 1.54) is 77.5 Å². The van der Waals surface area contributed by atoms with E-state index >= 15 is 0 Å². The first kappa shape index (κ1) is 13.8. The molecule has 2 saturated heterocycles. The third-order valence-electron chi connectivity index (χ3n) is 5.20. The van der Waals surface area contributed by atoms with Gasteiger partial charge in [-0.15, -0.1) is 0 Å². The van der Waals surface area contributed by atoms with E-state index in [1.54, 1.807) is 0 Å². The highest BCUT2D eigenvalue weighted by molar-refractivity contribution is 4.83. The predicted octanol–water partition coefficient (Wildman–Crippen LogP) is 2.51. The molecule has 0 aromatic carbocycles. The lowest BCUT2D eigenvalue weighted by molar-refractivity contribution is 0.0386. The number of ether oxygens (including phenoxy) is 1. The highest BCUT2D eigenvalue weighted by Gasteiger charge is 2.26. The van der Waals surface area contributed by atoms with Gasteiger partial charge in [-0.3, -0.25) is 9.80 Å². The van der Waals surface area contributed by atoms with E-state index in [1.807, 2.05) is 0 Å². The molecule has 19 heavy (non-hydrogen) atoms. The van der Waals surface area contributed by atoms with Gasteiger partial charge >= 0.3 is 0 Å². The van der Waals surface area contributed by atoms with Gasteiger partial charge in [0.15, 0.2) is 0 Å². The highest BCUT2D eigenvalue weighted by atomic mass is 16.5. The molecular weight excluding hydrogens is 236 g/mol. The Morgan fingerprint density at radius 2 is 1.63 bits per heavy atom. The lowest BCUT2D eigenvalue weighted by atomic mass is 10.0. The Balaban J connectivity index is 1.40. The summed E-state index contributed by atoms with van der Waals surface area (Å²) in [5.41, 5.74) is 0. The fraction of sp³-hybridized carbons (Fsp3) is 1.00. The molecule has 0 bridgehead atoms. The maximum atomic E-state index is 6.03. The van der Waals surface area contributed by atoms with Crippen LogP contribution in [0.4, 0.5) is 0 Å². The Labute approximate surface area is 118 Å². The average Bonchev–Trinajstić information content (AvgIpc) is 2.85. The molecule has 0 spiro atoms. The molecule has 0 radical (unpaired) electrons. The van der Waals surface area contributed by atoms with E-state index in [4.69, 9.17) is 4.74 Å². The molecule has 1 atom stereocenters. The fourth-order valence-corrected chi connectivity index (χ4v) is 4.05. The highest BCUT2D eigenvalue weighted by Crippen LogP contribution is 2.22. The van der Waals surface area contributed by atoms with Gasteiger partial charge in [-0.1, -0.05) is 19.3 Å². The second kappa shape index (κ2) is 7.05. The third-order valence-corrected chi connectivity index (χ3v) is 5.20. The van der Waals surface area contributed by atoms with Crippen LogP contribution in [-0.2, 0) is 4.74 Å². The Morgan fingerprint density at radius 3 is 2.53 bits per heavy atom. The SMILES string of the molecule is C1CCC(OCCN2CCCN3CCCCC3C2)C1. The molecule has 3 heteroatoms. The largest absolute Gasteiger partial charge is 0.377 e. The van der Waals surface area contributed by atoms with E-state index in [-0.39, 0.29) is 0 Å². The molecule has 1 unspecified atom stereocenters. The van der Waals surface area contributed by atoms with Crippen molar-refractivity contribution >= 4 is 0 Å². The van der Waals surface area contributed by atoms with Gasteiger partial charge < -0.3 is 4.74 Å². The topological polar surface area (TPSA) is 15.7 Å². The van der Waals surface area contributed by atoms with Crippen LogP contribution in [0.2, 0.25) is 0 Å². The summed E-state index contributed by atoms with van der Waals surface area (Å²) in [5.74, 6) is 0. The smallest absolute Gasteiger partial charge is 0.0597 e. The molecule has 110 valence electrons. The lowest BCUT2D eigenvalue weighted by Gasteiger charge is -2.35. The minimum absolute atomic E-state index is 0.582. The van der Waals surface area contributed by atoms with Crippen LogP contribution in [0, 0.1) is 0 Å². The van der Waals surface area contributed by atoms with Gasteiger partial charge in [0.2, 0.25) is 0 Å². The number of hydrogen-bond donors (Lipinski definition) is 0. The maximum Gasteiger partial charge on any atom is 0.0597 e. The van der Waals surface area contributed by atoms with E-state index in [9.17, 15) is 0 Å². The minimum Gasteiger partial charge on any atom is -0.377 e. The number of piperidine rings is 1. The average molecular weight is 266 g/mol. The predicted molar refractivity (Wildman–Crippen MR) is 78.5 cm³/mol. The quantitative estimate of drug-likeness (QED) is 0.777. The molecule has 3 aliphatic rings. The second-order valence-electron chi connectivity index (χ2n) is 6.62. The summed E-state index contributed by atoms with van der Waals surface area (Å²) in [6.45, 7) is 7.34. The molecule has 1 saturated carbocycles. The normalized spacial score (nSPS) is 31.3. The van der Waals surface area contributed by atoms with Crippen molar-refractivity contribution in [2.75, 3.05) is 39.3 Å². The number of hydrogen-bond acceptors (Lipinski definition) is 3. The Kier molecular flexibility index (Phi) is 5.14. The van der Waals surface area contributed by atoms with Crippen LogP contribution in [0.1, 0.15) is 51.4 Å². The molecule has 3 nitrogen and oxygen atoms in total. The van der Waals surface area contributed by atoms with Crippen molar-refractivity contribution < 1.29 is 4.74 Å². The summed E-state index contributed by atoms with van der Waals surface area (Å²) >= 11 is 0. The Bertz CT molecular complexity index is 265. The molecule has 3 rings (SSSR count). The van der Waals surface area contributed by atoms with Crippen LogP contribution < -0.4 is 0 Å². The fourth-order valence-electron chi connectivity index (χ4n) is 4.05. The summed E-state index contributed by atoms with van der Waals surface area (Å²) in [4.78, 5) is 5.40. The number of fused-ring (bicyclic) bond motifs is 1. The summed E-state index contributed by atoms with van der Waals surface area (Å²) in [6, 6.07) is 0.836. The van der Waals surface area contributed by atoms with Crippen molar-refractivity contribution in [3.05, 3.63) is 0 Å². The van der Waals surface area contributed by atoms with Gasteiger partial charge in [0.1, 0.15) is 0 Å². The van der Waals surface area contributed by atoms with Gasteiger partial charge in [0.25, 0.3) is 0 Å². The number of rotatable bonds is 4. The van der Waals surface area contributed by atoms with Crippen molar-refractivity contribution in [1.82, 2.24) is 9.80 Å². The van der Waals surface area contributed by atoms with E-state index in [0.717, 1.165) is 19.2 Å². The monoisotopic (exact) mass is 266 g/mol. The van der Waals surface area contributed by atoms with Crippen LogP contribution in [0.3, 0.4) is 0 Å². The third kappa shape index (κ3) is 3.93. The first-order valence-electron chi connectivity index (χ1n) is 8.50. The van der Waals surface area contributed by atoms with Crippen molar-refractivity contribution in [3.8, 4) is 0 Å². The summed E-state index contributed by atoms with van der Waals surface area (Å²) in [7, 11) is 0. The molecule has 0 N–H and O–H groups in total. The van der Waals surface area contributed by atoms with Crippen LogP contribution in [0.15, 0.2) is 0 Å². The standard InChI is InChI=1S/C16H30N2O/c1-2-8-16(7-1)19-13-12-17-9-5-11-18-10-4-3-6-15(18)14-17/h15-16H,1-14H2. The van der Waals surface area contributed by atoms with Gasteiger partial charge in [-0.2, -0.15) is 0 Å². The molecule has 2 aliphatic heterocycles. The summed E-state index contributed by atoms with van der Waals surface area (Å²) < 4.78 is 6.03. The maximum absolute atomic E-state index is 6.03.